The van der Waals surface area contributed by atoms with Gasteiger partial charge in [0.05, 0.1) is 11.3 Å². The molecule has 1 aliphatic rings. The van der Waals surface area contributed by atoms with E-state index in [1.54, 1.807) is 24.5 Å². The van der Waals surface area contributed by atoms with Gasteiger partial charge in [0.25, 0.3) is 0 Å². The van der Waals surface area contributed by atoms with Crippen molar-refractivity contribution in [1.82, 2.24) is 15.0 Å². The van der Waals surface area contributed by atoms with Crippen molar-refractivity contribution in [2.75, 3.05) is 0 Å². The molecule has 4 nitrogen and oxygen atoms in total. The number of fused-ring (bicyclic) bond motifs is 3. The minimum atomic E-state index is -2.43. The van der Waals surface area contributed by atoms with Crippen LogP contribution in [0.5, 0.6) is 0 Å². The molecule has 1 radical (unpaired) electrons. The van der Waals surface area contributed by atoms with Crippen LogP contribution in [-0.4, -0.2) is 15.0 Å². The van der Waals surface area contributed by atoms with Crippen LogP contribution in [-0.2, 0) is 20.1 Å². The number of pyridine rings is 3. The van der Waals surface area contributed by atoms with Crippen LogP contribution in [0, 0.1) is 30.8 Å². The van der Waals surface area contributed by atoms with Crippen LogP contribution in [0.25, 0.3) is 55.8 Å². The maximum absolute atomic E-state index is 9.37. The molecule has 8 rings (SSSR count). The van der Waals surface area contributed by atoms with Gasteiger partial charge in [0, 0.05) is 51.7 Å². The molecule has 1 saturated carbocycles. The fourth-order valence-corrected chi connectivity index (χ4v) is 7.56. The Bertz CT molecular complexity index is 2480. The van der Waals surface area contributed by atoms with Gasteiger partial charge < -0.3 is 14.4 Å². The third-order valence-electron chi connectivity index (χ3n) is 9.88. The quantitative estimate of drug-likeness (QED) is 0.156. The largest absolute Gasteiger partial charge is 0.486 e. The van der Waals surface area contributed by atoms with E-state index < -0.39 is 24.5 Å². The van der Waals surface area contributed by atoms with Gasteiger partial charge in [-0.05, 0) is 102 Å². The Kier molecular flexibility index (Phi) is 9.76. The molecule has 53 heavy (non-hydrogen) atoms. The molecule has 2 unspecified atom stereocenters. The zero-order chi connectivity index (χ0) is 41.6. The SMILES string of the molecule is [2H]C([2H])([2H])c1cc(-c2[c-]ccc3c2oc2nc(-c4c(C([2H])(C)C)cccc4C([2H])(C)C)ccc23)ncc1C1([2H])CC(C)CC(C)C1.[Ir].[c-]1ccccc1-c1ccccn1. The fraction of sp³-hybridized carbons (Fsp3) is 0.312. The van der Waals surface area contributed by atoms with Crippen molar-refractivity contribution in [2.45, 2.75) is 85.3 Å². The molecule has 273 valence electrons. The van der Waals surface area contributed by atoms with Crippen LogP contribution in [0.15, 0.2) is 108 Å². The Balaban J connectivity index is 0.000000384. The third-order valence-corrected chi connectivity index (χ3v) is 9.88. The molecule has 5 heteroatoms. The Hall–Kier alpha value is -4.44. The van der Waals surface area contributed by atoms with E-state index in [2.05, 4.69) is 31.0 Å². The summed E-state index contributed by atoms with van der Waals surface area (Å²) in [5.41, 5.74) is 7.39. The van der Waals surface area contributed by atoms with E-state index >= 15 is 0 Å². The van der Waals surface area contributed by atoms with Crippen molar-refractivity contribution in [2.24, 2.45) is 11.8 Å². The first-order valence-electron chi connectivity index (χ1n) is 21.1. The van der Waals surface area contributed by atoms with E-state index in [1.807, 2.05) is 107 Å². The molecule has 1 aliphatic carbocycles. The van der Waals surface area contributed by atoms with Crippen molar-refractivity contribution in [1.29, 1.82) is 0 Å². The summed E-state index contributed by atoms with van der Waals surface area (Å²) in [7, 11) is 0. The van der Waals surface area contributed by atoms with Crippen LogP contribution in [0.3, 0.4) is 0 Å². The maximum atomic E-state index is 9.37. The molecule has 0 spiro atoms. The van der Waals surface area contributed by atoms with Gasteiger partial charge in [-0.15, -0.1) is 54.1 Å². The molecule has 0 saturated heterocycles. The van der Waals surface area contributed by atoms with Gasteiger partial charge in [0.15, 0.2) is 0 Å². The molecule has 3 aromatic carbocycles. The third kappa shape index (κ3) is 8.22. The average Bonchev–Trinajstić information content (AvgIpc) is 3.55. The van der Waals surface area contributed by atoms with Crippen molar-refractivity contribution >= 4 is 22.1 Å². The molecule has 0 N–H and O–H groups in total. The molecular formula is C48H49IrN3O-2. The Morgan fingerprint density at radius 1 is 0.774 bits per heavy atom. The molecule has 4 aromatic heterocycles. The van der Waals surface area contributed by atoms with Crippen LogP contribution in [0.2, 0.25) is 0 Å². The summed E-state index contributed by atoms with van der Waals surface area (Å²) in [4.78, 5) is 13.9. The summed E-state index contributed by atoms with van der Waals surface area (Å²) in [5, 5.41) is 1.58. The van der Waals surface area contributed by atoms with Gasteiger partial charge in [-0.25, -0.2) is 4.98 Å². The maximum Gasteiger partial charge on any atom is 0.216 e. The monoisotopic (exact) mass is 882 g/mol. The summed E-state index contributed by atoms with van der Waals surface area (Å²) in [6.45, 7) is 9.17. The van der Waals surface area contributed by atoms with Crippen molar-refractivity contribution in [3.8, 4) is 33.8 Å². The molecular weight excluding hydrogens is 827 g/mol. The molecule has 2 atom stereocenters. The van der Waals surface area contributed by atoms with Gasteiger partial charge in [-0.3, -0.25) is 0 Å². The molecule has 7 aromatic rings. The molecule has 0 aliphatic heterocycles. The number of hydrogen-bond donors (Lipinski definition) is 0. The Labute approximate surface area is 337 Å². The second-order valence-corrected chi connectivity index (χ2v) is 14.5. The van der Waals surface area contributed by atoms with Crippen molar-refractivity contribution in [3.05, 3.63) is 138 Å². The van der Waals surface area contributed by atoms with Crippen LogP contribution >= 0.6 is 0 Å². The number of aromatic nitrogens is 3. The summed E-state index contributed by atoms with van der Waals surface area (Å²) < 4.78 is 58.7. The van der Waals surface area contributed by atoms with E-state index in [1.165, 1.54) is 0 Å². The molecule has 1 fully saturated rings. The first kappa shape index (κ1) is 31.0. The Morgan fingerprint density at radius 2 is 1.53 bits per heavy atom. The second kappa shape index (κ2) is 16.7. The minimum Gasteiger partial charge on any atom is -0.486 e. The summed E-state index contributed by atoms with van der Waals surface area (Å²) in [6, 6.07) is 34.9. The van der Waals surface area contributed by atoms with Crippen LogP contribution in [0.1, 0.15) is 109 Å². The first-order valence-corrected chi connectivity index (χ1v) is 18.1. The summed E-state index contributed by atoms with van der Waals surface area (Å²) in [5.74, 6) is -2.22. The van der Waals surface area contributed by atoms with Crippen molar-refractivity contribution < 1.29 is 32.7 Å². The smallest absolute Gasteiger partial charge is 0.216 e. The van der Waals surface area contributed by atoms with Gasteiger partial charge in [-0.1, -0.05) is 94.5 Å². The van der Waals surface area contributed by atoms with Gasteiger partial charge >= 0.3 is 0 Å². The minimum absolute atomic E-state index is 0. The van der Waals surface area contributed by atoms with Gasteiger partial charge in [0.2, 0.25) is 5.71 Å². The number of furan rings is 1. The van der Waals surface area contributed by atoms with E-state index in [-0.39, 0.29) is 25.7 Å². The first-order chi connectivity index (χ1) is 27.3. The number of rotatable bonds is 6. The number of benzene rings is 3. The molecule has 0 amide bonds. The van der Waals surface area contributed by atoms with E-state index in [4.69, 9.17) is 21.2 Å². The summed E-state index contributed by atoms with van der Waals surface area (Å²) in [6.07, 6.45) is 5.60. The van der Waals surface area contributed by atoms with Crippen LogP contribution < -0.4 is 0 Å². The normalized spacial score (nSPS) is 20.8. The van der Waals surface area contributed by atoms with Gasteiger partial charge in [0.1, 0.15) is 0 Å². The van der Waals surface area contributed by atoms with E-state index in [9.17, 15) is 1.37 Å². The standard InChI is InChI=1S/C37H41N2O.C11H8N.Ir/c1-21(2)27-10-8-11-28(22(3)4)35(27)33-15-14-30-29-12-9-13-31(36(29)40-37(30)39-33)34-19-25(7)32(20-38-34)26-17-23(5)16-24(6)18-26;1-2-6-10(7-3-1)11-8-4-5-9-12-11;/h8-12,14-15,19-24,26H,16-18H2,1-7H3;1-6,8-9H;/q2*-1;/i7D3,21D,22D,26D;;. The van der Waals surface area contributed by atoms with E-state index in [0.717, 1.165) is 45.1 Å². The number of hydrogen-bond acceptors (Lipinski definition) is 4. The van der Waals surface area contributed by atoms with Crippen molar-refractivity contribution in [3.63, 3.8) is 0 Å². The predicted octanol–water partition coefficient (Wildman–Crippen LogP) is 13.2. The zero-order valence-electron chi connectivity index (χ0n) is 37.2. The summed E-state index contributed by atoms with van der Waals surface area (Å²) >= 11 is 0. The second-order valence-electron chi connectivity index (χ2n) is 14.5. The molecule has 4 heterocycles. The Morgan fingerprint density at radius 3 is 2.19 bits per heavy atom. The number of aryl methyl sites for hydroxylation is 1. The predicted molar refractivity (Wildman–Crippen MR) is 215 cm³/mol. The van der Waals surface area contributed by atoms with Crippen LogP contribution in [0.4, 0.5) is 0 Å². The zero-order valence-corrected chi connectivity index (χ0v) is 33.6. The van der Waals surface area contributed by atoms with E-state index in [0.29, 0.717) is 58.5 Å². The molecule has 0 bridgehead atoms. The number of nitrogens with zero attached hydrogens (tertiary/aromatic N) is 3. The average molecular weight is 882 g/mol. The fourth-order valence-electron chi connectivity index (χ4n) is 7.56. The topological polar surface area (TPSA) is 51.8 Å². The van der Waals surface area contributed by atoms with Gasteiger partial charge in [-0.2, -0.15) is 0 Å².